The number of hydrogen-bond acceptors (Lipinski definition) is 3. The van der Waals surface area contributed by atoms with Crippen LogP contribution in [-0.2, 0) is 4.74 Å². The lowest BCUT2D eigenvalue weighted by atomic mass is 9.93. The second-order valence-electron chi connectivity index (χ2n) is 6.20. The number of pyridine rings is 1. The van der Waals surface area contributed by atoms with Gasteiger partial charge in [-0.2, -0.15) is 0 Å². The first-order valence-corrected chi connectivity index (χ1v) is 8.35. The van der Waals surface area contributed by atoms with E-state index in [1.165, 1.54) is 37.7 Å². The topological polar surface area (TPSA) is 51.2 Å². The van der Waals surface area contributed by atoms with Gasteiger partial charge in [0.1, 0.15) is 5.69 Å². The van der Waals surface area contributed by atoms with Crippen LogP contribution in [0.2, 0.25) is 0 Å². The van der Waals surface area contributed by atoms with Crippen molar-refractivity contribution in [3.63, 3.8) is 0 Å². The molecule has 2 heterocycles. The second kappa shape index (κ2) is 7.54. The van der Waals surface area contributed by atoms with Crippen LogP contribution in [0, 0.1) is 0 Å². The molecule has 0 spiro atoms. The summed E-state index contributed by atoms with van der Waals surface area (Å²) < 4.78 is 5.30. The van der Waals surface area contributed by atoms with E-state index >= 15 is 0 Å². The van der Waals surface area contributed by atoms with Crippen LogP contribution in [0.25, 0.3) is 6.08 Å². The number of aromatic nitrogens is 1. The summed E-state index contributed by atoms with van der Waals surface area (Å²) >= 11 is 0. The van der Waals surface area contributed by atoms with Gasteiger partial charge in [0.15, 0.2) is 0 Å². The first kappa shape index (κ1) is 15.2. The Hall–Kier alpha value is -1.68. The van der Waals surface area contributed by atoms with E-state index in [1.54, 1.807) is 6.20 Å². The van der Waals surface area contributed by atoms with Crippen LogP contribution in [0.1, 0.15) is 61.0 Å². The predicted molar refractivity (Wildman–Crippen MR) is 86.6 cm³/mol. The van der Waals surface area contributed by atoms with Gasteiger partial charge in [-0.15, -0.1) is 0 Å². The molecule has 118 valence electrons. The summed E-state index contributed by atoms with van der Waals surface area (Å²) in [4.78, 5) is 16.5. The number of carbonyl (C=O) groups is 1. The fraction of sp³-hybridized carbons (Fsp3) is 0.556. The van der Waals surface area contributed by atoms with E-state index in [-0.39, 0.29) is 11.9 Å². The minimum absolute atomic E-state index is 0.0798. The summed E-state index contributed by atoms with van der Waals surface area (Å²) in [6, 6.07) is 4.03. The van der Waals surface area contributed by atoms with E-state index in [0.717, 1.165) is 31.6 Å². The predicted octanol–water partition coefficient (Wildman–Crippen LogP) is 3.34. The Bertz CT molecular complexity index is 523. The largest absolute Gasteiger partial charge is 0.381 e. The number of allylic oxidation sites excluding steroid dienone is 1. The van der Waals surface area contributed by atoms with Gasteiger partial charge in [0.05, 0.1) is 0 Å². The molecule has 1 aromatic heterocycles. The van der Waals surface area contributed by atoms with Gasteiger partial charge in [-0.05, 0) is 50.2 Å². The molecule has 2 fully saturated rings. The highest BCUT2D eigenvalue weighted by Gasteiger charge is 2.17. The molecule has 0 aromatic carbocycles. The molecule has 0 unspecified atom stereocenters. The maximum Gasteiger partial charge on any atom is 0.270 e. The zero-order chi connectivity index (χ0) is 15.2. The third kappa shape index (κ3) is 4.17. The number of amides is 1. The molecule has 3 rings (SSSR count). The van der Waals surface area contributed by atoms with E-state index in [0.29, 0.717) is 5.69 Å². The molecule has 2 aliphatic rings. The number of nitrogens with one attached hydrogen (secondary N) is 1. The molecule has 0 atom stereocenters. The van der Waals surface area contributed by atoms with E-state index in [9.17, 15) is 4.79 Å². The van der Waals surface area contributed by atoms with E-state index in [1.807, 2.05) is 12.1 Å². The summed E-state index contributed by atoms with van der Waals surface area (Å²) in [5.74, 6) is -0.0798. The number of rotatable bonds is 3. The first-order valence-electron chi connectivity index (χ1n) is 8.35. The van der Waals surface area contributed by atoms with Crippen molar-refractivity contribution >= 4 is 12.0 Å². The van der Waals surface area contributed by atoms with Crippen molar-refractivity contribution in [1.29, 1.82) is 0 Å². The lowest BCUT2D eigenvalue weighted by Crippen LogP contribution is -2.39. The molecular formula is C18H24N2O2. The van der Waals surface area contributed by atoms with Gasteiger partial charge in [-0.3, -0.25) is 9.78 Å². The highest BCUT2D eigenvalue weighted by molar-refractivity contribution is 5.92. The lowest BCUT2D eigenvalue weighted by molar-refractivity contribution is 0.0694. The Kier molecular flexibility index (Phi) is 5.22. The van der Waals surface area contributed by atoms with Gasteiger partial charge < -0.3 is 10.1 Å². The minimum Gasteiger partial charge on any atom is -0.381 e. The quantitative estimate of drug-likeness (QED) is 0.931. The molecule has 22 heavy (non-hydrogen) atoms. The zero-order valence-corrected chi connectivity index (χ0v) is 13.0. The van der Waals surface area contributed by atoms with Crippen molar-refractivity contribution in [2.24, 2.45) is 0 Å². The van der Waals surface area contributed by atoms with Crippen LogP contribution in [0.3, 0.4) is 0 Å². The van der Waals surface area contributed by atoms with Crippen LogP contribution in [0.4, 0.5) is 0 Å². The summed E-state index contributed by atoms with van der Waals surface area (Å²) in [6.07, 6.45) is 12.1. The number of ether oxygens (including phenoxy) is 1. The first-order chi connectivity index (χ1) is 10.8. The maximum atomic E-state index is 12.2. The van der Waals surface area contributed by atoms with E-state index < -0.39 is 0 Å². The van der Waals surface area contributed by atoms with Gasteiger partial charge in [-0.1, -0.05) is 24.1 Å². The normalized spacial score (nSPS) is 19.7. The van der Waals surface area contributed by atoms with Crippen molar-refractivity contribution in [1.82, 2.24) is 10.3 Å². The fourth-order valence-corrected chi connectivity index (χ4v) is 3.11. The molecule has 4 heteroatoms. The average molecular weight is 300 g/mol. The molecule has 0 radical (unpaired) electrons. The van der Waals surface area contributed by atoms with Crippen molar-refractivity contribution in [2.45, 2.75) is 51.0 Å². The van der Waals surface area contributed by atoms with Gasteiger partial charge in [-0.25, -0.2) is 0 Å². The Morgan fingerprint density at radius 3 is 2.64 bits per heavy atom. The van der Waals surface area contributed by atoms with Gasteiger partial charge in [0.25, 0.3) is 5.91 Å². The monoisotopic (exact) mass is 300 g/mol. The molecule has 1 amide bonds. The molecular weight excluding hydrogens is 276 g/mol. The van der Waals surface area contributed by atoms with Gasteiger partial charge >= 0.3 is 0 Å². The van der Waals surface area contributed by atoms with E-state index in [4.69, 9.17) is 4.74 Å². The van der Waals surface area contributed by atoms with Gasteiger partial charge in [0.2, 0.25) is 0 Å². The molecule has 1 saturated heterocycles. The molecule has 1 aliphatic carbocycles. The summed E-state index contributed by atoms with van der Waals surface area (Å²) in [5, 5.41) is 3.04. The maximum absolute atomic E-state index is 12.2. The zero-order valence-electron chi connectivity index (χ0n) is 13.0. The molecule has 0 bridgehead atoms. The van der Waals surface area contributed by atoms with Crippen molar-refractivity contribution in [3.8, 4) is 0 Å². The molecule has 1 aliphatic heterocycles. The third-order valence-corrected chi connectivity index (χ3v) is 4.44. The summed E-state index contributed by atoms with van der Waals surface area (Å²) in [6.45, 7) is 1.45. The van der Waals surface area contributed by atoms with E-state index in [2.05, 4.69) is 16.4 Å². The Labute approximate surface area is 132 Å². The summed E-state index contributed by atoms with van der Waals surface area (Å²) in [7, 11) is 0. The van der Waals surface area contributed by atoms with Crippen LogP contribution in [0.15, 0.2) is 23.9 Å². The highest BCUT2D eigenvalue weighted by Crippen LogP contribution is 2.24. The molecule has 1 aromatic rings. The second-order valence-corrected chi connectivity index (χ2v) is 6.20. The Balaban J connectivity index is 1.59. The highest BCUT2D eigenvalue weighted by atomic mass is 16.5. The minimum atomic E-state index is -0.0798. The van der Waals surface area contributed by atoms with Crippen LogP contribution >= 0.6 is 0 Å². The smallest absolute Gasteiger partial charge is 0.270 e. The molecule has 1 saturated carbocycles. The number of hydrogen-bond donors (Lipinski definition) is 1. The Morgan fingerprint density at radius 2 is 1.95 bits per heavy atom. The number of nitrogens with zero attached hydrogens (tertiary/aromatic N) is 1. The van der Waals surface area contributed by atoms with Crippen molar-refractivity contribution < 1.29 is 9.53 Å². The number of carbonyl (C=O) groups excluding carboxylic acids is 1. The Morgan fingerprint density at radius 1 is 1.18 bits per heavy atom. The van der Waals surface area contributed by atoms with Crippen LogP contribution in [-0.4, -0.2) is 30.1 Å². The molecule has 1 N–H and O–H groups in total. The van der Waals surface area contributed by atoms with Crippen LogP contribution in [0.5, 0.6) is 0 Å². The standard InChI is InChI=1S/C18H24N2O2/c21-18(20-16-8-10-22-11-9-16)17-7-6-15(13-19-17)12-14-4-2-1-3-5-14/h6-7,12-13,16H,1-5,8-11H2,(H,20,21). The van der Waals surface area contributed by atoms with Crippen molar-refractivity contribution in [2.75, 3.05) is 13.2 Å². The van der Waals surface area contributed by atoms with Crippen LogP contribution < -0.4 is 5.32 Å². The fourth-order valence-electron chi connectivity index (χ4n) is 3.11. The average Bonchev–Trinajstić information content (AvgIpc) is 2.57. The third-order valence-electron chi connectivity index (χ3n) is 4.44. The SMILES string of the molecule is O=C(NC1CCOCC1)c1ccc(C=C2CCCCC2)cn1. The van der Waals surface area contributed by atoms with Crippen molar-refractivity contribution in [3.05, 3.63) is 35.2 Å². The van der Waals surface area contributed by atoms with Gasteiger partial charge in [0, 0.05) is 25.5 Å². The molecule has 4 nitrogen and oxygen atoms in total. The lowest BCUT2D eigenvalue weighted by Gasteiger charge is -2.22. The summed E-state index contributed by atoms with van der Waals surface area (Å²) in [5.41, 5.74) is 3.10.